The molecule has 0 spiro atoms. The van der Waals surface area contributed by atoms with Crippen molar-refractivity contribution in [3.05, 3.63) is 526 Å². The number of nitrogens with zero attached hydrogens (tertiary/aromatic N) is 6. The first kappa shape index (κ1) is 81.8. The Hall–Kier alpha value is -16.5. The first-order valence-electron chi connectivity index (χ1n) is 43.6. The molecule has 0 unspecified atom stereocenters. The molecule has 0 aliphatic carbocycles. The Labute approximate surface area is 767 Å². The lowest BCUT2D eigenvalue weighted by molar-refractivity contribution is 0.454. The van der Waals surface area contributed by atoms with Crippen molar-refractivity contribution in [3.8, 4) is 72.8 Å². The Morgan fingerprint density at radius 2 is 0.400 bits per heavy atom. The molecule has 0 fully saturated rings. The number of benzene rings is 20. The molecule has 22 rings (SSSR count). The highest BCUT2D eigenvalue weighted by molar-refractivity contribution is 9.10. The summed E-state index contributed by atoms with van der Waals surface area (Å²) in [5.41, 5.74) is 32.0. The van der Waals surface area contributed by atoms with E-state index in [1.807, 2.05) is 48.5 Å². The molecule has 0 atom stereocenters. The van der Waals surface area contributed by atoms with Crippen molar-refractivity contribution >= 4 is 135 Å². The van der Waals surface area contributed by atoms with Crippen LogP contribution in [0.2, 0.25) is 0 Å². The second-order valence-electron chi connectivity index (χ2n) is 31.8. The number of hydrogen-bond donors (Lipinski definition) is 1. The summed E-state index contributed by atoms with van der Waals surface area (Å²) in [5, 5.41) is 13.6. The van der Waals surface area contributed by atoms with Gasteiger partial charge in [0.1, 0.15) is 5.75 Å². The lowest BCUT2D eigenvalue weighted by atomic mass is 9.92. The first-order valence-corrected chi connectivity index (χ1v) is 44.4. The molecular formula is C120H87BBrN6O2. The third kappa shape index (κ3) is 17.6. The number of para-hydroxylation sites is 12. The summed E-state index contributed by atoms with van der Waals surface area (Å²) in [7, 11) is 0.706. The molecule has 20 aromatic carbocycles. The van der Waals surface area contributed by atoms with E-state index in [0.717, 1.165) is 139 Å². The van der Waals surface area contributed by atoms with Crippen molar-refractivity contribution in [2.24, 2.45) is 0 Å². The van der Waals surface area contributed by atoms with Gasteiger partial charge in [0.25, 0.3) is 0 Å². The predicted octanol–water partition coefficient (Wildman–Crippen LogP) is 33.1. The van der Waals surface area contributed by atoms with Gasteiger partial charge in [0.05, 0.1) is 22.1 Å². The molecule has 0 bridgehead atoms. The van der Waals surface area contributed by atoms with Crippen molar-refractivity contribution in [3.63, 3.8) is 0 Å². The number of anilines is 12. The van der Waals surface area contributed by atoms with Crippen molar-refractivity contribution in [1.82, 2.24) is 9.13 Å². The summed E-state index contributed by atoms with van der Waals surface area (Å²) in [6.45, 7) is 0. The van der Waals surface area contributed by atoms with E-state index in [2.05, 4.69) is 518 Å². The third-order valence-corrected chi connectivity index (χ3v) is 24.1. The van der Waals surface area contributed by atoms with E-state index in [1.54, 1.807) is 0 Å². The molecule has 130 heavy (non-hydrogen) atoms. The molecule has 0 saturated carbocycles. The fourth-order valence-electron chi connectivity index (χ4n) is 17.6. The van der Waals surface area contributed by atoms with Gasteiger partial charge in [0, 0.05) is 106 Å². The van der Waals surface area contributed by atoms with Gasteiger partial charge in [0.15, 0.2) is 0 Å². The van der Waals surface area contributed by atoms with Crippen molar-refractivity contribution in [2.75, 3.05) is 19.6 Å². The second kappa shape index (κ2) is 38.1. The molecule has 1 radical (unpaired) electrons. The van der Waals surface area contributed by atoms with Crippen LogP contribution in [0.25, 0.3) is 111 Å². The van der Waals surface area contributed by atoms with Gasteiger partial charge in [-0.25, -0.2) is 0 Å². The van der Waals surface area contributed by atoms with Gasteiger partial charge < -0.3 is 38.4 Å². The van der Waals surface area contributed by atoms with Crippen LogP contribution in [0.4, 0.5) is 68.2 Å². The van der Waals surface area contributed by atoms with Gasteiger partial charge >= 0.3 is 7.69 Å². The van der Waals surface area contributed by atoms with Crippen LogP contribution in [-0.4, -0.2) is 21.8 Å². The van der Waals surface area contributed by atoms with Crippen molar-refractivity contribution in [2.45, 2.75) is 0 Å². The Kier molecular flexibility index (Phi) is 24.0. The monoisotopic (exact) mass is 1730 g/mol. The summed E-state index contributed by atoms with van der Waals surface area (Å²) in [5.74, 6) is 0.617. The largest absolute Gasteiger partial charge is 0.569 e. The Morgan fingerprint density at radius 1 is 0.185 bits per heavy atom. The van der Waals surface area contributed by atoms with E-state index in [1.165, 1.54) is 44.1 Å². The summed E-state index contributed by atoms with van der Waals surface area (Å²) in [6, 6.07) is 184. The van der Waals surface area contributed by atoms with E-state index >= 15 is 0 Å². The van der Waals surface area contributed by atoms with Gasteiger partial charge in [-0.15, -0.1) is 0 Å². The Morgan fingerprint density at radius 3 is 0.685 bits per heavy atom. The second-order valence-corrected chi connectivity index (χ2v) is 32.7. The van der Waals surface area contributed by atoms with Crippen LogP contribution in [0.1, 0.15) is 0 Å². The van der Waals surface area contributed by atoms with Gasteiger partial charge in [-0.1, -0.05) is 289 Å². The van der Waals surface area contributed by atoms with E-state index in [9.17, 15) is 0 Å². The van der Waals surface area contributed by atoms with Crippen molar-refractivity contribution < 1.29 is 9.68 Å². The maximum absolute atomic E-state index is 8.84. The van der Waals surface area contributed by atoms with Gasteiger partial charge in [-0.05, 0) is 304 Å². The fraction of sp³-hybridized carbons (Fsp3) is 0. The zero-order valence-electron chi connectivity index (χ0n) is 71.1. The highest BCUT2D eigenvalue weighted by Crippen LogP contribution is 2.45. The smallest absolute Gasteiger partial charge is 0.537 e. The third-order valence-electron chi connectivity index (χ3n) is 23.6. The maximum atomic E-state index is 8.84. The van der Waals surface area contributed by atoms with E-state index in [0.29, 0.717) is 13.4 Å². The minimum Gasteiger partial charge on any atom is -0.537 e. The van der Waals surface area contributed by atoms with Gasteiger partial charge in [0.2, 0.25) is 0 Å². The quantitative estimate of drug-likeness (QED) is 0.0724. The standard InChI is InChI=1S/C60H43N3.C42H31BrN2.C18H13BNO2/c1-6-18-50(19-7-1)61(51-20-8-2-9-21-51)55-35-30-44(31-36-55)47-40-48(45-32-37-56(38-33-45)62(52-22-10-3-11-23-52)53-24-12-4-13-25-53)42-49(41-47)46-34-39-60-58(43-46)57-28-16-17-29-59(57)63(60)54-26-14-5-15-27-54;43-36-30-34(32-21-25-41(26-22-32)44(37-13-5-1-6-14-37)38-15-7-2-8-16-38)29-35(31-36)33-23-27-42(28-24-33)45(39-17-9-3-10-18-39)40-19-11-4-12-20-40;21-19-22-14-10-11-18-16(12-14)15-8-4-5-9-17(15)20(18)13-6-2-1-3-7-13/h1-43H;1-31H;1-12,21H. The van der Waals surface area contributed by atoms with Crippen molar-refractivity contribution in [1.29, 1.82) is 0 Å². The molecule has 2 heterocycles. The van der Waals surface area contributed by atoms with Gasteiger partial charge in [-0.3, -0.25) is 0 Å². The van der Waals surface area contributed by atoms with Crippen LogP contribution in [0.5, 0.6) is 5.75 Å². The first-order chi connectivity index (χ1) is 64.4. The summed E-state index contributed by atoms with van der Waals surface area (Å²) in [6.07, 6.45) is 0. The number of halogens is 1. The SMILES string of the molecule is Brc1cc(-c2ccc(N(c3ccccc3)c3ccccc3)cc2)cc(-c2ccc(N(c3ccccc3)c3ccccc3)cc2)c1.O[B]Oc1ccc2c(c1)c1ccccc1n2-c1ccccc1.c1ccc(N(c2ccccc2)c2ccc(-c3cc(-c4ccc(N(c5ccccc5)c5ccccc5)cc4)cc(-c4ccc5c(c4)c4ccccc4n5-c4ccccc4)c3)cc2)cc1. The topological polar surface area (TPSA) is 52.3 Å². The van der Waals surface area contributed by atoms with E-state index in [-0.39, 0.29) is 0 Å². The molecule has 10 heteroatoms. The van der Waals surface area contributed by atoms with Crippen LogP contribution in [-0.2, 0) is 0 Å². The number of aromatic nitrogens is 2. The summed E-state index contributed by atoms with van der Waals surface area (Å²) >= 11 is 3.79. The summed E-state index contributed by atoms with van der Waals surface area (Å²) in [4.78, 5) is 9.18. The lowest BCUT2D eigenvalue weighted by Crippen LogP contribution is -2.09. The Balaban J connectivity index is 0.000000136. The van der Waals surface area contributed by atoms with E-state index in [4.69, 9.17) is 9.68 Å². The number of rotatable bonds is 21. The molecule has 22 aromatic rings. The maximum Gasteiger partial charge on any atom is 0.569 e. The molecule has 0 aliphatic heterocycles. The average molecular weight is 1740 g/mol. The molecule has 0 amide bonds. The zero-order valence-corrected chi connectivity index (χ0v) is 72.7. The molecule has 2 aromatic heterocycles. The summed E-state index contributed by atoms with van der Waals surface area (Å²) < 4.78 is 10.8. The fourth-order valence-corrected chi connectivity index (χ4v) is 18.1. The van der Waals surface area contributed by atoms with Crippen LogP contribution in [0, 0.1) is 0 Å². The van der Waals surface area contributed by atoms with Crippen LogP contribution < -0.4 is 24.3 Å². The number of fused-ring (bicyclic) bond motifs is 6. The molecular weight excluding hydrogens is 1650 g/mol. The molecule has 0 aliphatic rings. The zero-order chi connectivity index (χ0) is 87.3. The molecule has 619 valence electrons. The molecule has 8 nitrogen and oxygen atoms in total. The van der Waals surface area contributed by atoms with Crippen LogP contribution in [0.15, 0.2) is 526 Å². The molecule has 1 N–H and O–H groups in total. The highest BCUT2D eigenvalue weighted by Gasteiger charge is 2.22. The number of hydrogen-bond acceptors (Lipinski definition) is 6. The molecule has 0 saturated heterocycles. The lowest BCUT2D eigenvalue weighted by Gasteiger charge is -2.25. The van der Waals surface area contributed by atoms with Crippen LogP contribution >= 0.6 is 15.9 Å². The van der Waals surface area contributed by atoms with E-state index < -0.39 is 0 Å². The minimum atomic E-state index is 0.617. The highest BCUT2D eigenvalue weighted by atomic mass is 79.9. The average Bonchev–Trinajstić information content (AvgIpc) is 1.58. The van der Waals surface area contributed by atoms with Gasteiger partial charge in [-0.2, -0.15) is 0 Å². The predicted molar refractivity (Wildman–Crippen MR) is 550 cm³/mol. The van der Waals surface area contributed by atoms with Crippen LogP contribution in [0.3, 0.4) is 0 Å². The normalized spacial score (nSPS) is 11.0. The minimum absolute atomic E-state index is 0.617. The Bertz CT molecular complexity index is 7110.